The number of halogens is 1. The predicted molar refractivity (Wildman–Crippen MR) is 63.1 cm³/mol. The van der Waals surface area contributed by atoms with Crippen molar-refractivity contribution in [3.8, 4) is 5.75 Å². The Balaban J connectivity index is 2.69. The van der Waals surface area contributed by atoms with Crippen LogP contribution >= 0.6 is 11.6 Å². The highest BCUT2D eigenvalue weighted by Crippen LogP contribution is 2.22. The number of ether oxygens (including phenoxy) is 1. The van der Waals surface area contributed by atoms with Gasteiger partial charge in [-0.25, -0.2) is 4.79 Å². The van der Waals surface area contributed by atoms with Crippen LogP contribution in [0.4, 0.5) is 0 Å². The zero-order valence-corrected chi connectivity index (χ0v) is 10.2. The van der Waals surface area contributed by atoms with Crippen LogP contribution in [0.3, 0.4) is 0 Å². The number of carbonyl (C=O) groups is 2. The van der Waals surface area contributed by atoms with E-state index in [1.807, 2.05) is 6.92 Å². The molecule has 0 saturated heterocycles. The van der Waals surface area contributed by atoms with Gasteiger partial charge in [0.2, 0.25) is 0 Å². The third-order valence-corrected chi connectivity index (χ3v) is 2.35. The lowest BCUT2D eigenvalue weighted by molar-refractivity contribution is -0.138. The summed E-state index contributed by atoms with van der Waals surface area (Å²) in [6.45, 7) is 1.93. The maximum absolute atomic E-state index is 11.5. The smallest absolute Gasteiger partial charge is 0.349 e. The molecular formula is C12H13ClO4. The zero-order valence-electron chi connectivity index (χ0n) is 9.40. The Morgan fingerprint density at radius 1 is 1.41 bits per heavy atom. The van der Waals surface area contributed by atoms with Gasteiger partial charge in [-0.2, -0.15) is 0 Å². The van der Waals surface area contributed by atoms with Gasteiger partial charge in [0.15, 0.2) is 0 Å². The first-order chi connectivity index (χ1) is 8.04. The highest BCUT2D eigenvalue weighted by atomic mass is 35.5. The zero-order chi connectivity index (χ0) is 12.8. The normalized spacial score (nSPS) is 10.0. The monoisotopic (exact) mass is 256 g/mol. The van der Waals surface area contributed by atoms with Crippen molar-refractivity contribution < 1.29 is 19.4 Å². The van der Waals surface area contributed by atoms with E-state index in [1.54, 1.807) is 0 Å². The van der Waals surface area contributed by atoms with Crippen molar-refractivity contribution in [1.82, 2.24) is 0 Å². The van der Waals surface area contributed by atoms with Crippen molar-refractivity contribution in [3.63, 3.8) is 0 Å². The molecule has 1 aromatic carbocycles. The number of unbranched alkanes of at least 4 members (excludes halogenated alkanes) is 1. The third kappa shape index (κ3) is 4.07. The molecule has 0 unspecified atom stereocenters. The summed E-state index contributed by atoms with van der Waals surface area (Å²) in [6.07, 6.45) is 1.68. The second-order valence-corrected chi connectivity index (χ2v) is 3.96. The first-order valence-corrected chi connectivity index (χ1v) is 5.66. The van der Waals surface area contributed by atoms with Crippen LogP contribution in [-0.2, 0) is 9.53 Å². The number of aromatic hydroxyl groups is 1. The molecule has 0 heterocycles. The van der Waals surface area contributed by atoms with E-state index in [9.17, 15) is 14.7 Å². The van der Waals surface area contributed by atoms with Crippen LogP contribution in [0.5, 0.6) is 5.75 Å². The van der Waals surface area contributed by atoms with E-state index < -0.39 is 11.9 Å². The number of phenolic OH excluding ortho intramolecular Hbond substituents is 1. The molecule has 1 N–H and O–H groups in total. The fraction of sp³-hybridized carbons (Fsp3) is 0.333. The van der Waals surface area contributed by atoms with E-state index in [1.165, 1.54) is 18.2 Å². The number of benzene rings is 1. The van der Waals surface area contributed by atoms with E-state index in [-0.39, 0.29) is 22.8 Å². The molecule has 1 rings (SSSR count). The van der Waals surface area contributed by atoms with Gasteiger partial charge in [-0.3, -0.25) is 4.79 Å². The summed E-state index contributed by atoms with van der Waals surface area (Å²) in [6, 6.07) is 3.97. The fourth-order valence-electron chi connectivity index (χ4n) is 1.20. The van der Waals surface area contributed by atoms with Gasteiger partial charge in [-0.1, -0.05) is 24.9 Å². The average Bonchev–Trinajstić information content (AvgIpc) is 2.29. The summed E-state index contributed by atoms with van der Waals surface area (Å²) in [5, 5.41) is 9.71. The van der Waals surface area contributed by atoms with Crippen LogP contribution in [0.25, 0.3) is 0 Å². The highest BCUT2D eigenvalue weighted by Gasteiger charge is 2.16. The summed E-state index contributed by atoms with van der Waals surface area (Å²) in [4.78, 5) is 22.8. The molecule has 0 aliphatic heterocycles. The van der Waals surface area contributed by atoms with Crippen LogP contribution < -0.4 is 0 Å². The molecule has 4 nitrogen and oxygen atoms in total. The number of hydrogen-bond acceptors (Lipinski definition) is 4. The van der Waals surface area contributed by atoms with Crippen molar-refractivity contribution in [2.24, 2.45) is 0 Å². The SMILES string of the molecule is CCCCC(=O)OC(=O)c1cc(Cl)ccc1O. The lowest BCUT2D eigenvalue weighted by Crippen LogP contribution is -2.12. The largest absolute Gasteiger partial charge is 0.507 e. The molecule has 0 fully saturated rings. The van der Waals surface area contributed by atoms with Gasteiger partial charge in [0, 0.05) is 11.4 Å². The Kier molecular flexibility index (Phi) is 4.97. The molecular weight excluding hydrogens is 244 g/mol. The molecule has 0 aliphatic rings. The van der Waals surface area contributed by atoms with E-state index in [2.05, 4.69) is 4.74 Å². The number of esters is 2. The lowest BCUT2D eigenvalue weighted by atomic mass is 10.2. The minimum atomic E-state index is -0.883. The Bertz CT molecular complexity index is 429. The van der Waals surface area contributed by atoms with Crippen LogP contribution in [0.15, 0.2) is 18.2 Å². The van der Waals surface area contributed by atoms with Crippen LogP contribution in [0.1, 0.15) is 36.5 Å². The fourth-order valence-corrected chi connectivity index (χ4v) is 1.37. The lowest BCUT2D eigenvalue weighted by Gasteiger charge is -2.04. The second-order valence-electron chi connectivity index (χ2n) is 3.53. The molecule has 0 amide bonds. The van der Waals surface area contributed by atoms with Gasteiger partial charge < -0.3 is 9.84 Å². The van der Waals surface area contributed by atoms with Gasteiger partial charge in [-0.05, 0) is 24.6 Å². The molecule has 0 aromatic heterocycles. The summed E-state index contributed by atoms with van der Waals surface area (Å²) >= 11 is 5.68. The van der Waals surface area contributed by atoms with Crippen molar-refractivity contribution in [2.75, 3.05) is 0 Å². The maximum Gasteiger partial charge on any atom is 0.349 e. The second kappa shape index (κ2) is 6.25. The molecule has 0 bridgehead atoms. The van der Waals surface area contributed by atoms with Gasteiger partial charge in [0.25, 0.3) is 0 Å². The van der Waals surface area contributed by atoms with Crippen molar-refractivity contribution in [2.45, 2.75) is 26.2 Å². The molecule has 5 heteroatoms. The summed E-state index contributed by atoms with van der Waals surface area (Å²) in [7, 11) is 0. The van der Waals surface area contributed by atoms with E-state index in [0.717, 1.165) is 6.42 Å². The highest BCUT2D eigenvalue weighted by molar-refractivity contribution is 6.31. The molecule has 0 saturated carbocycles. The molecule has 0 radical (unpaired) electrons. The van der Waals surface area contributed by atoms with Crippen LogP contribution in [0.2, 0.25) is 5.02 Å². The van der Waals surface area contributed by atoms with Gasteiger partial charge in [0.05, 0.1) is 0 Å². The number of rotatable bonds is 4. The molecule has 17 heavy (non-hydrogen) atoms. The van der Waals surface area contributed by atoms with E-state index in [0.29, 0.717) is 6.42 Å². The Labute approximate surface area is 104 Å². The average molecular weight is 257 g/mol. The maximum atomic E-state index is 11.5. The third-order valence-electron chi connectivity index (χ3n) is 2.12. The van der Waals surface area contributed by atoms with Crippen LogP contribution in [-0.4, -0.2) is 17.0 Å². The molecule has 0 spiro atoms. The van der Waals surface area contributed by atoms with Gasteiger partial charge in [-0.15, -0.1) is 0 Å². The van der Waals surface area contributed by atoms with E-state index >= 15 is 0 Å². The van der Waals surface area contributed by atoms with Gasteiger partial charge in [0.1, 0.15) is 11.3 Å². The van der Waals surface area contributed by atoms with E-state index in [4.69, 9.17) is 11.6 Å². The van der Waals surface area contributed by atoms with Crippen LogP contribution in [0, 0.1) is 0 Å². The predicted octanol–water partition coefficient (Wildman–Crippen LogP) is 2.92. The minimum Gasteiger partial charge on any atom is -0.507 e. The summed E-state index contributed by atoms with van der Waals surface area (Å²) in [5.74, 6) is -1.75. The van der Waals surface area contributed by atoms with Crippen molar-refractivity contribution >= 4 is 23.5 Å². The molecule has 1 aromatic rings. The minimum absolute atomic E-state index is 0.109. The topological polar surface area (TPSA) is 63.6 Å². The Hall–Kier alpha value is -1.55. The number of hydrogen-bond donors (Lipinski definition) is 1. The Morgan fingerprint density at radius 2 is 2.12 bits per heavy atom. The first-order valence-electron chi connectivity index (χ1n) is 5.28. The van der Waals surface area contributed by atoms with Crippen molar-refractivity contribution in [1.29, 1.82) is 0 Å². The summed E-state index contributed by atoms with van der Waals surface area (Å²) in [5.41, 5.74) is -0.109. The number of carbonyl (C=O) groups excluding carboxylic acids is 2. The Morgan fingerprint density at radius 3 is 2.76 bits per heavy atom. The molecule has 0 atom stereocenters. The summed E-state index contributed by atoms with van der Waals surface area (Å²) < 4.78 is 4.58. The number of phenols is 1. The molecule has 0 aliphatic carbocycles. The molecule has 92 valence electrons. The van der Waals surface area contributed by atoms with Gasteiger partial charge >= 0.3 is 11.9 Å². The first kappa shape index (κ1) is 13.5. The quantitative estimate of drug-likeness (QED) is 0.665. The standard InChI is InChI=1S/C12H13ClO4/c1-2-3-4-11(15)17-12(16)9-7-8(13)5-6-10(9)14/h5-7,14H,2-4H2,1H3. The van der Waals surface area contributed by atoms with Crippen molar-refractivity contribution in [3.05, 3.63) is 28.8 Å².